The zero-order chi connectivity index (χ0) is 21.3. The first-order valence-electron chi connectivity index (χ1n) is 9.73. The van der Waals surface area contributed by atoms with E-state index >= 15 is 0 Å². The normalized spacial score (nSPS) is 18.5. The van der Waals surface area contributed by atoms with Gasteiger partial charge in [-0.1, -0.05) is 12.8 Å². The summed E-state index contributed by atoms with van der Waals surface area (Å²) in [6.07, 6.45) is 2.09. The number of carbonyl (C=O) groups is 3. The molecule has 30 heavy (non-hydrogen) atoms. The van der Waals surface area contributed by atoms with E-state index in [-0.39, 0.29) is 17.7 Å². The van der Waals surface area contributed by atoms with Gasteiger partial charge in [-0.3, -0.25) is 14.5 Å². The molecule has 1 saturated carbocycles. The Morgan fingerprint density at radius 2 is 1.93 bits per heavy atom. The highest BCUT2D eigenvalue weighted by atomic mass is 16.6. The number of hydrogen-bond acceptors (Lipinski definition) is 8. The van der Waals surface area contributed by atoms with Gasteiger partial charge in [-0.25, -0.2) is 4.79 Å². The van der Waals surface area contributed by atoms with E-state index in [0.717, 1.165) is 17.7 Å². The molecule has 158 valence electrons. The number of esters is 1. The number of ether oxygens (including phenoxy) is 2. The first-order chi connectivity index (χ1) is 14.4. The zero-order valence-corrected chi connectivity index (χ0v) is 16.7. The van der Waals surface area contributed by atoms with Crippen molar-refractivity contribution in [3.8, 4) is 17.2 Å². The van der Waals surface area contributed by atoms with Gasteiger partial charge in [0.05, 0.1) is 7.11 Å². The van der Waals surface area contributed by atoms with Gasteiger partial charge >= 0.3 is 12.0 Å². The third-order valence-corrected chi connectivity index (χ3v) is 5.42. The van der Waals surface area contributed by atoms with Crippen molar-refractivity contribution in [3.05, 3.63) is 30.2 Å². The average Bonchev–Trinajstić information content (AvgIpc) is 3.46. The molecule has 2 aliphatic rings. The van der Waals surface area contributed by atoms with Crippen LogP contribution in [0.2, 0.25) is 0 Å². The summed E-state index contributed by atoms with van der Waals surface area (Å²) >= 11 is 0. The molecule has 0 bridgehead atoms. The molecule has 10 heteroatoms. The van der Waals surface area contributed by atoms with Crippen LogP contribution in [0.25, 0.3) is 11.5 Å². The van der Waals surface area contributed by atoms with Crippen molar-refractivity contribution in [3.63, 3.8) is 0 Å². The molecule has 2 aromatic rings. The minimum atomic E-state index is -0.858. The Balaban J connectivity index is 1.37. The summed E-state index contributed by atoms with van der Waals surface area (Å²) in [6, 6.07) is 6.49. The molecule has 1 aromatic heterocycles. The molecule has 1 N–H and O–H groups in total. The summed E-state index contributed by atoms with van der Waals surface area (Å²) in [7, 11) is 1.57. The Hall–Kier alpha value is -3.43. The maximum absolute atomic E-state index is 12.6. The zero-order valence-electron chi connectivity index (χ0n) is 16.7. The maximum atomic E-state index is 12.6. The number of carbonyl (C=O) groups excluding carboxylic acids is 3. The van der Waals surface area contributed by atoms with Gasteiger partial charge in [-0.05, 0) is 44.0 Å². The molecule has 1 spiro atoms. The van der Waals surface area contributed by atoms with Crippen molar-refractivity contribution in [1.29, 1.82) is 0 Å². The van der Waals surface area contributed by atoms with Gasteiger partial charge < -0.3 is 19.2 Å². The third-order valence-electron chi connectivity index (χ3n) is 5.42. The van der Waals surface area contributed by atoms with E-state index in [1.165, 1.54) is 0 Å². The van der Waals surface area contributed by atoms with E-state index in [4.69, 9.17) is 13.9 Å². The summed E-state index contributed by atoms with van der Waals surface area (Å²) in [5.74, 6) is -0.0217. The second-order valence-corrected chi connectivity index (χ2v) is 7.42. The topological polar surface area (TPSA) is 124 Å². The largest absolute Gasteiger partial charge is 0.497 e. The Labute approximate surface area is 172 Å². The van der Waals surface area contributed by atoms with Crippen LogP contribution in [0.3, 0.4) is 0 Å². The number of aromatic nitrogens is 2. The molecule has 0 radical (unpaired) electrons. The van der Waals surface area contributed by atoms with Crippen LogP contribution in [-0.4, -0.2) is 52.2 Å². The standard InChI is InChI=1S/C20H22N4O6/c1-12(16-22-23-17(30-16)13-5-7-14(28-2)8-6-13)29-15(25)11-24-18(26)20(21-19(24)27)9-3-4-10-20/h5-8,12H,3-4,9-11H2,1-2H3,(H,21,27)/t12-/m1/s1. The monoisotopic (exact) mass is 414 g/mol. The number of nitrogens with zero attached hydrogens (tertiary/aromatic N) is 3. The van der Waals surface area contributed by atoms with Crippen LogP contribution < -0.4 is 10.1 Å². The van der Waals surface area contributed by atoms with Gasteiger partial charge in [0.2, 0.25) is 5.89 Å². The molecule has 3 amide bonds. The summed E-state index contributed by atoms with van der Waals surface area (Å²) in [4.78, 5) is 38.0. The van der Waals surface area contributed by atoms with Gasteiger partial charge in [0.15, 0.2) is 6.10 Å². The Morgan fingerprint density at radius 1 is 1.23 bits per heavy atom. The van der Waals surface area contributed by atoms with Gasteiger partial charge in [0.1, 0.15) is 17.8 Å². The second kappa shape index (κ2) is 7.77. The van der Waals surface area contributed by atoms with Gasteiger partial charge in [-0.2, -0.15) is 0 Å². The predicted octanol–water partition coefficient (Wildman–Crippen LogP) is 2.21. The second-order valence-electron chi connectivity index (χ2n) is 7.42. The van der Waals surface area contributed by atoms with Gasteiger partial charge in [0, 0.05) is 5.56 Å². The summed E-state index contributed by atoms with van der Waals surface area (Å²) in [5, 5.41) is 10.6. The van der Waals surface area contributed by atoms with Gasteiger partial charge in [-0.15, -0.1) is 10.2 Å². The number of imide groups is 1. The van der Waals surface area contributed by atoms with Crippen LogP contribution in [0, 0.1) is 0 Å². The van der Waals surface area contributed by atoms with E-state index in [2.05, 4.69) is 15.5 Å². The number of nitrogens with one attached hydrogen (secondary N) is 1. The highest BCUT2D eigenvalue weighted by molar-refractivity contribution is 6.08. The van der Waals surface area contributed by atoms with Crippen LogP contribution >= 0.6 is 0 Å². The van der Waals surface area contributed by atoms with Crippen LogP contribution in [0.15, 0.2) is 28.7 Å². The van der Waals surface area contributed by atoms with Crippen LogP contribution in [0.4, 0.5) is 4.79 Å². The smallest absolute Gasteiger partial charge is 0.327 e. The molecule has 0 unspecified atom stereocenters. The fourth-order valence-corrected chi connectivity index (χ4v) is 3.80. The molecule has 1 atom stereocenters. The lowest BCUT2D eigenvalue weighted by atomic mass is 9.98. The molecule has 2 fully saturated rings. The highest BCUT2D eigenvalue weighted by Crippen LogP contribution is 2.35. The van der Waals surface area contributed by atoms with Crippen molar-refractivity contribution in [1.82, 2.24) is 20.4 Å². The predicted molar refractivity (Wildman–Crippen MR) is 102 cm³/mol. The molecule has 10 nitrogen and oxygen atoms in total. The number of amides is 3. The van der Waals surface area contributed by atoms with Crippen molar-refractivity contribution in [2.24, 2.45) is 0 Å². The number of benzene rings is 1. The minimum Gasteiger partial charge on any atom is -0.497 e. The first kappa shape index (κ1) is 19.9. The number of rotatable bonds is 6. The lowest BCUT2D eigenvalue weighted by Crippen LogP contribution is -2.44. The average molecular weight is 414 g/mol. The first-order valence-corrected chi connectivity index (χ1v) is 9.73. The lowest BCUT2D eigenvalue weighted by Gasteiger charge is -2.19. The number of hydrogen-bond donors (Lipinski definition) is 1. The lowest BCUT2D eigenvalue weighted by molar-refractivity contribution is -0.152. The van der Waals surface area contributed by atoms with E-state index in [1.807, 2.05) is 0 Å². The quantitative estimate of drug-likeness (QED) is 0.564. The van der Waals surface area contributed by atoms with E-state index < -0.39 is 30.2 Å². The molecule has 4 rings (SSSR count). The molecule has 1 saturated heterocycles. The van der Waals surface area contributed by atoms with E-state index in [0.29, 0.717) is 24.2 Å². The molecule has 1 aliphatic carbocycles. The molecule has 1 aromatic carbocycles. The molecular formula is C20H22N4O6. The Kier molecular flexibility index (Phi) is 5.15. The maximum Gasteiger partial charge on any atom is 0.327 e. The fourth-order valence-electron chi connectivity index (χ4n) is 3.80. The summed E-state index contributed by atoms with van der Waals surface area (Å²) < 4.78 is 16.0. The molecule has 2 heterocycles. The highest BCUT2D eigenvalue weighted by Gasteiger charge is 2.52. The summed E-state index contributed by atoms with van der Waals surface area (Å²) in [5.41, 5.74) is -0.169. The van der Waals surface area contributed by atoms with E-state index in [1.54, 1.807) is 38.3 Å². The van der Waals surface area contributed by atoms with Crippen LogP contribution in [0.1, 0.15) is 44.6 Å². The number of urea groups is 1. The van der Waals surface area contributed by atoms with Crippen LogP contribution in [-0.2, 0) is 14.3 Å². The summed E-state index contributed by atoms with van der Waals surface area (Å²) in [6.45, 7) is 1.11. The molecular weight excluding hydrogens is 392 g/mol. The van der Waals surface area contributed by atoms with Crippen molar-refractivity contribution in [2.75, 3.05) is 13.7 Å². The van der Waals surface area contributed by atoms with E-state index in [9.17, 15) is 14.4 Å². The molecule has 1 aliphatic heterocycles. The number of methoxy groups -OCH3 is 1. The van der Waals surface area contributed by atoms with Crippen molar-refractivity contribution < 1.29 is 28.3 Å². The Morgan fingerprint density at radius 3 is 2.60 bits per heavy atom. The fraction of sp³-hybridized carbons (Fsp3) is 0.450. The third kappa shape index (κ3) is 3.60. The SMILES string of the molecule is COc1ccc(-c2nnc([C@@H](C)OC(=O)CN3C(=O)NC4(CCCC4)C3=O)o2)cc1. The van der Waals surface area contributed by atoms with Gasteiger partial charge in [0.25, 0.3) is 11.8 Å². The minimum absolute atomic E-state index is 0.110. The van der Waals surface area contributed by atoms with Crippen molar-refractivity contribution in [2.45, 2.75) is 44.2 Å². The Bertz CT molecular complexity index is 964. The van der Waals surface area contributed by atoms with Crippen molar-refractivity contribution >= 4 is 17.9 Å². The van der Waals surface area contributed by atoms with Crippen LogP contribution in [0.5, 0.6) is 5.75 Å².